The van der Waals surface area contributed by atoms with Crippen molar-refractivity contribution in [3.63, 3.8) is 0 Å². The molecule has 0 radical (unpaired) electrons. The molecule has 1 atom stereocenters. The first kappa shape index (κ1) is 14.6. The Morgan fingerprint density at radius 2 is 2.10 bits per heavy atom. The molecule has 21 heavy (non-hydrogen) atoms. The van der Waals surface area contributed by atoms with Gasteiger partial charge in [-0.05, 0) is 49.9 Å². The van der Waals surface area contributed by atoms with Crippen molar-refractivity contribution in [2.75, 3.05) is 19.6 Å². The molecule has 3 nitrogen and oxygen atoms in total. The van der Waals surface area contributed by atoms with Crippen molar-refractivity contribution >= 4 is 5.91 Å². The second-order valence-corrected chi connectivity index (χ2v) is 6.59. The highest BCUT2D eigenvalue weighted by Gasteiger charge is 2.39. The van der Waals surface area contributed by atoms with Crippen molar-refractivity contribution in [1.29, 1.82) is 0 Å². The van der Waals surface area contributed by atoms with E-state index in [1.165, 1.54) is 11.1 Å². The molecule has 114 valence electrons. The second kappa shape index (κ2) is 6.18. The van der Waals surface area contributed by atoms with E-state index in [9.17, 15) is 4.79 Å². The van der Waals surface area contributed by atoms with Crippen molar-refractivity contribution in [3.8, 4) is 0 Å². The first-order chi connectivity index (χ1) is 10.2. The van der Waals surface area contributed by atoms with Crippen LogP contribution < -0.4 is 10.6 Å². The predicted molar refractivity (Wildman–Crippen MR) is 85.3 cm³/mol. The van der Waals surface area contributed by atoms with Gasteiger partial charge in [-0.2, -0.15) is 0 Å². The number of benzene rings is 1. The molecule has 1 aliphatic carbocycles. The van der Waals surface area contributed by atoms with Crippen LogP contribution in [-0.2, 0) is 11.2 Å². The monoisotopic (exact) mass is 286 g/mol. The Balaban J connectivity index is 1.58. The van der Waals surface area contributed by atoms with Crippen LogP contribution in [0.4, 0.5) is 0 Å². The normalized spacial score (nSPS) is 23.0. The average molecular weight is 286 g/mol. The minimum atomic E-state index is -0.122. The lowest BCUT2D eigenvalue weighted by Crippen LogP contribution is -2.48. The van der Waals surface area contributed by atoms with E-state index in [0.29, 0.717) is 5.92 Å². The third-order valence-electron chi connectivity index (χ3n) is 5.24. The number of piperidine rings is 1. The van der Waals surface area contributed by atoms with Crippen LogP contribution in [-0.4, -0.2) is 25.5 Å². The second-order valence-electron chi connectivity index (χ2n) is 6.59. The van der Waals surface area contributed by atoms with Gasteiger partial charge in [0.05, 0.1) is 5.41 Å². The van der Waals surface area contributed by atoms with E-state index in [1.54, 1.807) is 0 Å². The molecule has 2 aliphatic rings. The number of hydrogen-bond acceptors (Lipinski definition) is 2. The number of carbonyl (C=O) groups excluding carboxylic acids is 1. The first-order valence-corrected chi connectivity index (χ1v) is 8.32. The molecule has 1 unspecified atom stereocenters. The largest absolute Gasteiger partial charge is 0.355 e. The lowest BCUT2D eigenvalue weighted by atomic mass is 9.74. The fourth-order valence-corrected chi connectivity index (χ4v) is 3.92. The minimum absolute atomic E-state index is 0.122. The number of nitrogens with one attached hydrogen (secondary N) is 2. The zero-order valence-corrected chi connectivity index (χ0v) is 13.0. The summed E-state index contributed by atoms with van der Waals surface area (Å²) < 4.78 is 0. The van der Waals surface area contributed by atoms with Crippen LogP contribution in [0.25, 0.3) is 0 Å². The van der Waals surface area contributed by atoms with Gasteiger partial charge >= 0.3 is 0 Å². The van der Waals surface area contributed by atoms with Gasteiger partial charge < -0.3 is 10.6 Å². The fourth-order valence-electron chi connectivity index (χ4n) is 3.92. The molecule has 0 bridgehead atoms. The summed E-state index contributed by atoms with van der Waals surface area (Å²) in [6.07, 6.45) is 5.17. The summed E-state index contributed by atoms with van der Waals surface area (Å²) in [4.78, 5) is 12.7. The van der Waals surface area contributed by atoms with Crippen molar-refractivity contribution in [2.24, 2.45) is 5.41 Å². The molecule has 0 spiro atoms. The molecular weight excluding hydrogens is 260 g/mol. The average Bonchev–Trinajstić information content (AvgIpc) is 2.49. The molecule has 1 heterocycles. The van der Waals surface area contributed by atoms with E-state index in [4.69, 9.17) is 0 Å². The topological polar surface area (TPSA) is 41.1 Å². The highest BCUT2D eigenvalue weighted by Crippen LogP contribution is 2.36. The van der Waals surface area contributed by atoms with Crippen LogP contribution in [0.1, 0.15) is 49.7 Å². The maximum atomic E-state index is 12.7. The Morgan fingerprint density at radius 1 is 1.33 bits per heavy atom. The van der Waals surface area contributed by atoms with Crippen molar-refractivity contribution in [3.05, 3.63) is 35.4 Å². The van der Waals surface area contributed by atoms with Gasteiger partial charge in [-0.1, -0.05) is 37.6 Å². The third-order valence-corrected chi connectivity index (χ3v) is 5.24. The van der Waals surface area contributed by atoms with E-state index >= 15 is 0 Å². The summed E-state index contributed by atoms with van der Waals surface area (Å²) in [6, 6.07) is 8.58. The fraction of sp³-hybridized carbons (Fsp3) is 0.611. The first-order valence-electron chi connectivity index (χ1n) is 8.32. The van der Waals surface area contributed by atoms with Gasteiger partial charge in [0, 0.05) is 12.5 Å². The van der Waals surface area contributed by atoms with Gasteiger partial charge in [0.15, 0.2) is 0 Å². The Bertz CT molecular complexity index is 500. The van der Waals surface area contributed by atoms with E-state index < -0.39 is 0 Å². The molecule has 1 aromatic carbocycles. The highest BCUT2D eigenvalue weighted by molar-refractivity contribution is 5.82. The van der Waals surface area contributed by atoms with Gasteiger partial charge in [0.2, 0.25) is 5.91 Å². The zero-order valence-electron chi connectivity index (χ0n) is 13.0. The molecule has 0 aromatic heterocycles. The Hall–Kier alpha value is -1.35. The molecule has 1 aliphatic heterocycles. The predicted octanol–water partition coefficient (Wildman–Crippen LogP) is 2.61. The van der Waals surface area contributed by atoms with Crippen LogP contribution in [0.2, 0.25) is 0 Å². The summed E-state index contributed by atoms with van der Waals surface area (Å²) in [5.41, 5.74) is 2.75. The Labute approximate surface area is 127 Å². The lowest BCUT2D eigenvalue weighted by Gasteiger charge is -2.37. The molecule has 3 rings (SSSR count). The maximum Gasteiger partial charge on any atom is 0.226 e. The third kappa shape index (κ3) is 2.84. The van der Waals surface area contributed by atoms with Crippen LogP contribution in [0.3, 0.4) is 0 Å². The quantitative estimate of drug-likeness (QED) is 0.873. The van der Waals surface area contributed by atoms with Crippen molar-refractivity contribution in [1.82, 2.24) is 10.6 Å². The molecule has 2 N–H and O–H groups in total. The van der Waals surface area contributed by atoms with Gasteiger partial charge in [0.1, 0.15) is 0 Å². The van der Waals surface area contributed by atoms with Crippen LogP contribution in [0.5, 0.6) is 0 Å². The summed E-state index contributed by atoms with van der Waals surface area (Å²) in [5, 5.41) is 6.63. The molecule has 1 fully saturated rings. The SMILES string of the molecule is CCCC1(C(=O)NCC2Cc3ccccc32)CCNCC1. The smallest absolute Gasteiger partial charge is 0.226 e. The van der Waals surface area contributed by atoms with Crippen LogP contribution in [0.15, 0.2) is 24.3 Å². The number of fused-ring (bicyclic) bond motifs is 1. The van der Waals surface area contributed by atoms with Crippen LogP contribution in [0, 0.1) is 5.41 Å². The number of hydrogen-bond donors (Lipinski definition) is 2. The summed E-state index contributed by atoms with van der Waals surface area (Å²) in [6.45, 7) is 4.92. The van der Waals surface area contributed by atoms with E-state index in [-0.39, 0.29) is 11.3 Å². The van der Waals surface area contributed by atoms with Crippen molar-refractivity contribution in [2.45, 2.75) is 44.9 Å². The molecular formula is C18H26N2O. The Kier molecular flexibility index (Phi) is 4.29. The summed E-state index contributed by atoms with van der Waals surface area (Å²) in [7, 11) is 0. The van der Waals surface area contributed by atoms with Gasteiger partial charge in [-0.25, -0.2) is 0 Å². The molecule has 1 aromatic rings. The van der Waals surface area contributed by atoms with E-state index in [2.05, 4.69) is 41.8 Å². The maximum absolute atomic E-state index is 12.7. The highest BCUT2D eigenvalue weighted by atomic mass is 16.2. The van der Waals surface area contributed by atoms with Crippen LogP contribution >= 0.6 is 0 Å². The molecule has 0 saturated carbocycles. The zero-order chi connectivity index (χ0) is 14.7. The van der Waals surface area contributed by atoms with E-state index in [1.807, 2.05) is 0 Å². The number of carbonyl (C=O) groups is 1. The van der Waals surface area contributed by atoms with Crippen molar-refractivity contribution < 1.29 is 4.79 Å². The molecule has 3 heteroatoms. The lowest BCUT2D eigenvalue weighted by molar-refractivity contribution is -0.133. The minimum Gasteiger partial charge on any atom is -0.355 e. The summed E-state index contributed by atoms with van der Waals surface area (Å²) >= 11 is 0. The van der Waals surface area contributed by atoms with Gasteiger partial charge in [-0.3, -0.25) is 4.79 Å². The molecule has 1 amide bonds. The van der Waals surface area contributed by atoms with Gasteiger partial charge in [0.25, 0.3) is 0 Å². The van der Waals surface area contributed by atoms with Gasteiger partial charge in [-0.15, -0.1) is 0 Å². The van der Waals surface area contributed by atoms with E-state index in [0.717, 1.165) is 51.7 Å². The standard InChI is InChI=1S/C18H26N2O/c1-2-7-18(8-10-19-11-9-18)17(21)20-13-15-12-14-5-3-4-6-16(14)15/h3-6,15,19H,2,7-13H2,1H3,(H,20,21). The summed E-state index contributed by atoms with van der Waals surface area (Å²) in [5.74, 6) is 0.806. The number of amides is 1. The Morgan fingerprint density at radius 3 is 2.81 bits per heavy atom. The molecule has 1 saturated heterocycles. The number of rotatable bonds is 5.